The number of nitrogens with one attached hydrogen (secondary N) is 1. The molecule has 0 fully saturated rings. The smallest absolute Gasteiger partial charge is 0.264 e. The summed E-state index contributed by atoms with van der Waals surface area (Å²) in [6.45, 7) is 0.832. The van der Waals surface area contributed by atoms with Crippen molar-refractivity contribution in [1.29, 1.82) is 0 Å². The number of rotatable bonds is 8. The van der Waals surface area contributed by atoms with E-state index in [1.807, 2.05) is 54.6 Å². The molecule has 0 radical (unpaired) electrons. The number of carbonyl (C=O) groups excluding carboxylic acids is 1. The van der Waals surface area contributed by atoms with Crippen LogP contribution in [0.5, 0.6) is 0 Å². The third-order valence-electron chi connectivity index (χ3n) is 6.07. The Morgan fingerprint density at radius 3 is 1.86 bits per heavy atom. The molecule has 0 bridgehead atoms. The van der Waals surface area contributed by atoms with Gasteiger partial charge in [-0.3, -0.25) is 4.79 Å². The Bertz CT molecular complexity index is 1630. The van der Waals surface area contributed by atoms with Crippen molar-refractivity contribution in [3.63, 3.8) is 0 Å². The third kappa shape index (κ3) is 5.94. The molecular formula is C31H25NO4S. The Morgan fingerprint density at radius 1 is 0.622 bits per heavy atom. The SMILES string of the molecule is O=C(NS(=O)(=O)c1ccc2ccccc2c1)c1ccc(COCc2ccc(-c3ccccc3)cc2)cc1. The predicted molar refractivity (Wildman–Crippen MR) is 145 cm³/mol. The molecule has 5 rings (SSSR count). The van der Waals surface area contributed by atoms with E-state index in [-0.39, 0.29) is 10.5 Å². The molecule has 0 heterocycles. The largest absolute Gasteiger partial charge is 0.372 e. The van der Waals surface area contributed by atoms with E-state index in [0.29, 0.717) is 13.2 Å². The lowest BCUT2D eigenvalue weighted by atomic mass is 10.0. The second kappa shape index (κ2) is 10.8. The standard InChI is InChI=1S/C31H25NO4S/c33-31(32-37(34,35)30-19-18-26-8-4-5-9-29(26)20-30)28-16-12-24(13-17-28)22-36-21-23-10-14-27(15-11-23)25-6-2-1-3-7-25/h1-20H,21-22H2,(H,32,33). The number of hydrogen-bond acceptors (Lipinski definition) is 4. The summed E-state index contributed by atoms with van der Waals surface area (Å²) in [6.07, 6.45) is 0. The normalized spacial score (nSPS) is 11.4. The van der Waals surface area contributed by atoms with Crippen LogP contribution in [0.25, 0.3) is 21.9 Å². The van der Waals surface area contributed by atoms with Crippen molar-refractivity contribution in [2.45, 2.75) is 18.1 Å². The lowest BCUT2D eigenvalue weighted by molar-refractivity contribution is 0.0980. The van der Waals surface area contributed by atoms with Gasteiger partial charge in [-0.15, -0.1) is 0 Å². The average Bonchev–Trinajstić information content (AvgIpc) is 2.94. The van der Waals surface area contributed by atoms with Gasteiger partial charge in [0.2, 0.25) is 0 Å². The number of hydrogen-bond donors (Lipinski definition) is 1. The van der Waals surface area contributed by atoms with E-state index in [9.17, 15) is 13.2 Å². The molecule has 0 saturated heterocycles. The predicted octanol–water partition coefficient (Wildman–Crippen LogP) is 6.34. The van der Waals surface area contributed by atoms with Crippen LogP contribution in [0.3, 0.4) is 0 Å². The molecule has 0 atom stereocenters. The molecule has 0 aliphatic heterocycles. The quantitative estimate of drug-likeness (QED) is 0.266. The zero-order valence-electron chi connectivity index (χ0n) is 20.0. The fourth-order valence-corrected chi connectivity index (χ4v) is 5.05. The van der Waals surface area contributed by atoms with Crippen LogP contribution in [0, 0.1) is 0 Å². The van der Waals surface area contributed by atoms with Crippen LogP contribution < -0.4 is 4.72 Å². The minimum Gasteiger partial charge on any atom is -0.372 e. The van der Waals surface area contributed by atoms with Crippen molar-refractivity contribution in [3.8, 4) is 11.1 Å². The zero-order chi connectivity index (χ0) is 25.7. The second-order valence-corrected chi connectivity index (χ2v) is 10.4. The Kier molecular flexibility index (Phi) is 7.12. The second-order valence-electron chi connectivity index (χ2n) is 8.70. The van der Waals surface area contributed by atoms with Crippen LogP contribution in [0.4, 0.5) is 0 Å². The van der Waals surface area contributed by atoms with E-state index >= 15 is 0 Å². The Morgan fingerprint density at radius 2 is 1.19 bits per heavy atom. The van der Waals surface area contributed by atoms with E-state index in [1.54, 1.807) is 36.4 Å². The molecule has 6 heteroatoms. The van der Waals surface area contributed by atoms with Gasteiger partial charge in [0.15, 0.2) is 0 Å². The van der Waals surface area contributed by atoms with Gasteiger partial charge in [-0.25, -0.2) is 13.1 Å². The van der Waals surface area contributed by atoms with Crippen LogP contribution in [0.15, 0.2) is 126 Å². The van der Waals surface area contributed by atoms with Gasteiger partial charge in [0.25, 0.3) is 15.9 Å². The van der Waals surface area contributed by atoms with Gasteiger partial charge in [-0.2, -0.15) is 0 Å². The summed E-state index contributed by atoms with van der Waals surface area (Å²) in [5, 5.41) is 1.71. The molecule has 184 valence electrons. The van der Waals surface area contributed by atoms with Gasteiger partial charge >= 0.3 is 0 Å². The van der Waals surface area contributed by atoms with E-state index < -0.39 is 15.9 Å². The zero-order valence-corrected chi connectivity index (χ0v) is 20.8. The molecule has 5 aromatic rings. The minimum absolute atomic E-state index is 0.0429. The topological polar surface area (TPSA) is 72.5 Å². The number of fused-ring (bicyclic) bond motifs is 1. The number of sulfonamides is 1. The van der Waals surface area contributed by atoms with Crippen LogP contribution in [0.1, 0.15) is 21.5 Å². The molecule has 37 heavy (non-hydrogen) atoms. The molecule has 5 aromatic carbocycles. The van der Waals surface area contributed by atoms with Crippen molar-refractivity contribution in [2.24, 2.45) is 0 Å². The van der Waals surface area contributed by atoms with Crippen LogP contribution in [0.2, 0.25) is 0 Å². The molecule has 0 saturated carbocycles. The highest BCUT2D eigenvalue weighted by molar-refractivity contribution is 7.90. The van der Waals surface area contributed by atoms with Gasteiger partial charge in [0.05, 0.1) is 18.1 Å². The first-order chi connectivity index (χ1) is 18.0. The highest BCUT2D eigenvalue weighted by Crippen LogP contribution is 2.21. The summed E-state index contributed by atoms with van der Waals surface area (Å²) in [7, 11) is -4.00. The molecule has 1 N–H and O–H groups in total. The number of ether oxygens (including phenoxy) is 1. The summed E-state index contributed by atoms with van der Waals surface area (Å²) in [5.41, 5.74) is 4.53. The number of amides is 1. The highest BCUT2D eigenvalue weighted by atomic mass is 32.2. The molecular weight excluding hydrogens is 482 g/mol. The van der Waals surface area contributed by atoms with Crippen molar-refractivity contribution in [1.82, 2.24) is 4.72 Å². The van der Waals surface area contributed by atoms with E-state index in [0.717, 1.165) is 27.5 Å². The Hall–Kier alpha value is -4.26. The third-order valence-corrected chi connectivity index (χ3v) is 7.40. The lowest BCUT2D eigenvalue weighted by Gasteiger charge is -2.09. The average molecular weight is 508 g/mol. The van der Waals surface area contributed by atoms with Gasteiger partial charge in [-0.05, 0) is 57.3 Å². The summed E-state index contributed by atoms with van der Waals surface area (Å²) in [6, 6.07) is 37.4. The molecule has 0 aliphatic carbocycles. The highest BCUT2D eigenvalue weighted by Gasteiger charge is 2.19. The van der Waals surface area contributed by atoms with Gasteiger partial charge in [0.1, 0.15) is 0 Å². The first-order valence-electron chi connectivity index (χ1n) is 11.8. The molecule has 0 unspecified atom stereocenters. The lowest BCUT2D eigenvalue weighted by Crippen LogP contribution is -2.30. The first-order valence-corrected chi connectivity index (χ1v) is 13.3. The molecule has 0 aliphatic rings. The van der Waals surface area contributed by atoms with Crippen molar-refractivity contribution >= 4 is 26.7 Å². The Balaban J connectivity index is 1.16. The summed E-state index contributed by atoms with van der Waals surface area (Å²) < 4.78 is 33.5. The monoisotopic (exact) mass is 507 g/mol. The first kappa shape index (κ1) is 24.4. The number of carbonyl (C=O) groups is 1. The fourth-order valence-electron chi connectivity index (χ4n) is 4.04. The summed E-state index contributed by atoms with van der Waals surface area (Å²) in [4.78, 5) is 12.7. The minimum atomic E-state index is -4.00. The summed E-state index contributed by atoms with van der Waals surface area (Å²) >= 11 is 0. The van der Waals surface area contributed by atoms with Crippen molar-refractivity contribution in [3.05, 3.63) is 138 Å². The van der Waals surface area contributed by atoms with Crippen molar-refractivity contribution < 1.29 is 17.9 Å². The number of benzene rings is 5. The van der Waals surface area contributed by atoms with Gasteiger partial charge in [-0.1, -0.05) is 97.1 Å². The molecule has 5 nitrogen and oxygen atoms in total. The van der Waals surface area contributed by atoms with Crippen LogP contribution in [-0.2, 0) is 28.0 Å². The van der Waals surface area contributed by atoms with E-state index in [1.165, 1.54) is 11.6 Å². The van der Waals surface area contributed by atoms with E-state index in [4.69, 9.17) is 4.74 Å². The molecule has 0 aromatic heterocycles. The van der Waals surface area contributed by atoms with Crippen molar-refractivity contribution in [2.75, 3.05) is 0 Å². The maximum atomic E-state index is 12.8. The van der Waals surface area contributed by atoms with Gasteiger partial charge in [0, 0.05) is 5.56 Å². The fraction of sp³-hybridized carbons (Fsp3) is 0.0645. The Labute approximate surface area is 216 Å². The molecule has 0 spiro atoms. The maximum absolute atomic E-state index is 12.8. The van der Waals surface area contributed by atoms with Crippen LogP contribution in [-0.4, -0.2) is 14.3 Å². The summed E-state index contributed by atoms with van der Waals surface area (Å²) in [5.74, 6) is -0.681. The van der Waals surface area contributed by atoms with Crippen LogP contribution >= 0.6 is 0 Å². The maximum Gasteiger partial charge on any atom is 0.264 e. The van der Waals surface area contributed by atoms with Gasteiger partial charge < -0.3 is 4.74 Å². The molecule has 1 amide bonds. The van der Waals surface area contributed by atoms with E-state index in [2.05, 4.69) is 29.0 Å².